The summed E-state index contributed by atoms with van der Waals surface area (Å²) in [5.74, 6) is 0.574. The van der Waals surface area contributed by atoms with Gasteiger partial charge in [-0.3, -0.25) is 0 Å². The topological polar surface area (TPSA) is 34.2 Å². The van der Waals surface area contributed by atoms with E-state index in [1.165, 1.54) is 10.7 Å². The Kier molecular flexibility index (Phi) is 6.43. The number of methoxy groups -OCH3 is 1. The summed E-state index contributed by atoms with van der Waals surface area (Å²) in [6.07, 6.45) is 2.13. The largest absolute Gasteiger partial charge is 0.384 e. The first-order valence-corrected chi connectivity index (χ1v) is 7.85. The molecular weight excluding hydrogens is 256 g/mol. The zero-order chi connectivity index (χ0) is 14.5. The van der Waals surface area contributed by atoms with Crippen molar-refractivity contribution in [2.45, 2.75) is 52.0 Å². The van der Waals surface area contributed by atoms with Gasteiger partial charge in [-0.15, -0.1) is 11.3 Å². The Morgan fingerprint density at radius 1 is 1.42 bits per heavy atom. The molecule has 0 bridgehead atoms. The number of nitrogens with one attached hydrogen (secondary N) is 1. The quantitative estimate of drug-likeness (QED) is 0.834. The van der Waals surface area contributed by atoms with Crippen molar-refractivity contribution in [2.24, 2.45) is 5.92 Å². The maximum atomic E-state index is 5.21. The monoisotopic (exact) mass is 284 g/mol. The van der Waals surface area contributed by atoms with Crippen molar-refractivity contribution in [1.29, 1.82) is 0 Å². The smallest absolute Gasteiger partial charge is 0.0944 e. The van der Waals surface area contributed by atoms with Crippen LogP contribution in [0, 0.1) is 5.92 Å². The molecule has 2 atom stereocenters. The molecule has 0 radical (unpaired) electrons. The van der Waals surface area contributed by atoms with Crippen LogP contribution in [0.2, 0.25) is 0 Å². The van der Waals surface area contributed by atoms with Crippen LogP contribution in [0.1, 0.15) is 44.8 Å². The van der Waals surface area contributed by atoms with Crippen molar-refractivity contribution in [2.75, 3.05) is 20.8 Å². The van der Waals surface area contributed by atoms with E-state index in [0.29, 0.717) is 12.0 Å². The van der Waals surface area contributed by atoms with E-state index >= 15 is 0 Å². The molecule has 4 heteroatoms. The van der Waals surface area contributed by atoms with E-state index in [-0.39, 0.29) is 5.41 Å². The number of likely N-dealkylation sites (N-methyl/N-ethyl adjacent to an activating group) is 1. The average molecular weight is 284 g/mol. The molecule has 1 aromatic heterocycles. The Morgan fingerprint density at radius 3 is 2.58 bits per heavy atom. The van der Waals surface area contributed by atoms with Gasteiger partial charge in [-0.05, 0) is 19.4 Å². The highest BCUT2D eigenvalue weighted by atomic mass is 32.1. The molecule has 110 valence electrons. The Labute approximate surface area is 121 Å². The van der Waals surface area contributed by atoms with Crippen molar-refractivity contribution < 1.29 is 4.74 Å². The third kappa shape index (κ3) is 5.59. The molecule has 1 heterocycles. The van der Waals surface area contributed by atoms with Gasteiger partial charge in [0.15, 0.2) is 0 Å². The van der Waals surface area contributed by atoms with E-state index in [2.05, 4.69) is 38.4 Å². The van der Waals surface area contributed by atoms with Gasteiger partial charge in [0.25, 0.3) is 0 Å². The molecular formula is C15H28N2OS. The van der Waals surface area contributed by atoms with E-state index in [1.54, 1.807) is 18.4 Å². The number of ether oxygens (including phenoxy) is 1. The number of hydrogen-bond acceptors (Lipinski definition) is 4. The van der Waals surface area contributed by atoms with Gasteiger partial charge in [-0.2, -0.15) is 0 Å². The highest BCUT2D eigenvalue weighted by Crippen LogP contribution is 2.25. The van der Waals surface area contributed by atoms with Gasteiger partial charge in [0.05, 0.1) is 10.7 Å². The van der Waals surface area contributed by atoms with Crippen molar-refractivity contribution in [3.8, 4) is 0 Å². The fourth-order valence-corrected chi connectivity index (χ4v) is 3.20. The molecule has 0 aromatic carbocycles. The van der Waals surface area contributed by atoms with Crippen LogP contribution in [0.4, 0.5) is 0 Å². The Balaban J connectivity index is 2.58. The first-order valence-electron chi connectivity index (χ1n) is 6.98. The first kappa shape index (κ1) is 16.6. The summed E-state index contributed by atoms with van der Waals surface area (Å²) in [4.78, 5) is 4.77. The fourth-order valence-electron chi connectivity index (χ4n) is 2.10. The Hall–Kier alpha value is -0.450. The third-order valence-electron chi connectivity index (χ3n) is 3.29. The lowest BCUT2D eigenvalue weighted by Gasteiger charge is -2.19. The van der Waals surface area contributed by atoms with Crippen LogP contribution in [0.3, 0.4) is 0 Å². The van der Waals surface area contributed by atoms with Gasteiger partial charge in [0.1, 0.15) is 0 Å². The summed E-state index contributed by atoms with van der Waals surface area (Å²) < 4.78 is 5.21. The molecule has 1 aromatic rings. The molecule has 0 amide bonds. The fraction of sp³-hybridized carbons (Fsp3) is 0.800. The van der Waals surface area contributed by atoms with Crippen LogP contribution in [0.15, 0.2) is 5.38 Å². The molecule has 0 fully saturated rings. The Morgan fingerprint density at radius 2 is 2.11 bits per heavy atom. The molecule has 1 rings (SSSR count). The SMILES string of the molecule is CNC(Cc1nc(C(C)(C)C)cs1)CC(C)COC. The molecule has 0 aliphatic carbocycles. The molecule has 19 heavy (non-hydrogen) atoms. The maximum Gasteiger partial charge on any atom is 0.0944 e. The van der Waals surface area contributed by atoms with E-state index in [9.17, 15) is 0 Å². The summed E-state index contributed by atoms with van der Waals surface area (Å²) in [5.41, 5.74) is 1.35. The van der Waals surface area contributed by atoms with E-state index in [0.717, 1.165) is 19.4 Å². The number of thiazole rings is 1. The summed E-state index contributed by atoms with van der Waals surface area (Å²) >= 11 is 1.78. The standard InChI is InChI=1S/C15H28N2OS/c1-11(9-18-6)7-12(16-5)8-14-17-13(10-19-14)15(2,3)4/h10-12,16H,7-9H2,1-6H3. The second kappa shape index (κ2) is 7.36. The van der Waals surface area contributed by atoms with Crippen molar-refractivity contribution in [3.63, 3.8) is 0 Å². The van der Waals surface area contributed by atoms with Gasteiger partial charge in [-0.25, -0.2) is 4.98 Å². The predicted molar refractivity (Wildman–Crippen MR) is 83.0 cm³/mol. The number of rotatable bonds is 7. The van der Waals surface area contributed by atoms with Gasteiger partial charge in [0, 0.05) is 37.0 Å². The molecule has 0 saturated carbocycles. The normalized spacial score (nSPS) is 15.5. The average Bonchev–Trinajstić information content (AvgIpc) is 2.76. The number of nitrogens with zero attached hydrogens (tertiary/aromatic N) is 1. The second-order valence-corrected chi connectivity index (χ2v) is 7.31. The minimum absolute atomic E-state index is 0.146. The first-order chi connectivity index (χ1) is 8.86. The summed E-state index contributed by atoms with van der Waals surface area (Å²) in [6, 6.07) is 0.476. The Bertz CT molecular complexity index is 370. The van der Waals surface area contributed by atoms with Gasteiger partial charge >= 0.3 is 0 Å². The van der Waals surface area contributed by atoms with E-state index in [4.69, 9.17) is 9.72 Å². The van der Waals surface area contributed by atoms with Crippen LogP contribution in [-0.2, 0) is 16.6 Å². The van der Waals surface area contributed by atoms with Crippen LogP contribution in [-0.4, -0.2) is 31.8 Å². The molecule has 2 unspecified atom stereocenters. The van der Waals surface area contributed by atoms with Crippen molar-refractivity contribution in [3.05, 3.63) is 16.1 Å². The summed E-state index contributed by atoms with van der Waals surface area (Å²) in [6.45, 7) is 9.69. The maximum absolute atomic E-state index is 5.21. The lowest BCUT2D eigenvalue weighted by molar-refractivity contribution is 0.150. The zero-order valence-corrected chi connectivity index (χ0v) is 13.9. The van der Waals surface area contributed by atoms with Crippen molar-refractivity contribution >= 4 is 11.3 Å². The van der Waals surface area contributed by atoms with E-state index in [1.807, 2.05) is 7.05 Å². The van der Waals surface area contributed by atoms with Crippen LogP contribution in [0.5, 0.6) is 0 Å². The summed E-state index contributed by atoms with van der Waals surface area (Å²) in [7, 11) is 3.80. The zero-order valence-electron chi connectivity index (χ0n) is 13.1. The number of hydrogen-bond donors (Lipinski definition) is 1. The van der Waals surface area contributed by atoms with Gasteiger partial charge in [-0.1, -0.05) is 27.7 Å². The number of aromatic nitrogens is 1. The molecule has 0 saturated heterocycles. The molecule has 3 nitrogen and oxygen atoms in total. The predicted octanol–water partition coefficient (Wildman–Crippen LogP) is 3.24. The molecule has 0 aliphatic rings. The highest BCUT2D eigenvalue weighted by molar-refractivity contribution is 7.09. The van der Waals surface area contributed by atoms with Gasteiger partial charge < -0.3 is 10.1 Å². The van der Waals surface area contributed by atoms with E-state index < -0.39 is 0 Å². The van der Waals surface area contributed by atoms with Gasteiger partial charge in [0.2, 0.25) is 0 Å². The lowest BCUT2D eigenvalue weighted by atomic mass is 9.93. The van der Waals surface area contributed by atoms with Crippen LogP contribution in [0.25, 0.3) is 0 Å². The summed E-state index contributed by atoms with van der Waals surface area (Å²) in [5, 5.41) is 6.82. The lowest BCUT2D eigenvalue weighted by Crippen LogP contribution is -2.30. The van der Waals surface area contributed by atoms with Crippen molar-refractivity contribution in [1.82, 2.24) is 10.3 Å². The van der Waals surface area contributed by atoms with Crippen LogP contribution >= 0.6 is 11.3 Å². The molecule has 1 N–H and O–H groups in total. The minimum atomic E-state index is 0.146. The third-order valence-corrected chi connectivity index (χ3v) is 4.16. The molecule has 0 aliphatic heterocycles. The van der Waals surface area contributed by atoms with Crippen LogP contribution < -0.4 is 5.32 Å². The minimum Gasteiger partial charge on any atom is -0.384 e. The molecule has 0 spiro atoms. The second-order valence-electron chi connectivity index (χ2n) is 6.36. The highest BCUT2D eigenvalue weighted by Gasteiger charge is 2.19.